The Balaban J connectivity index is 1.68. The van der Waals surface area contributed by atoms with Gasteiger partial charge in [-0.15, -0.1) is 0 Å². The van der Waals surface area contributed by atoms with E-state index in [1.165, 1.54) is 6.33 Å². The summed E-state index contributed by atoms with van der Waals surface area (Å²) in [6.45, 7) is 5.19. The Kier molecular flexibility index (Phi) is 5.18. The van der Waals surface area contributed by atoms with Crippen LogP contribution in [0.5, 0.6) is 0 Å². The van der Waals surface area contributed by atoms with Crippen molar-refractivity contribution in [3.8, 4) is 11.1 Å². The zero-order valence-corrected chi connectivity index (χ0v) is 15.5. The molecule has 28 heavy (non-hydrogen) atoms. The van der Waals surface area contributed by atoms with E-state index in [9.17, 15) is 9.90 Å². The van der Waals surface area contributed by atoms with Crippen LogP contribution in [0, 0.1) is 0 Å². The molecule has 3 N–H and O–H groups in total. The second kappa shape index (κ2) is 7.92. The summed E-state index contributed by atoms with van der Waals surface area (Å²) in [5.41, 5.74) is 1.75. The van der Waals surface area contributed by atoms with E-state index in [1.807, 2.05) is 41.3 Å². The van der Waals surface area contributed by atoms with Crippen LogP contribution >= 0.6 is 0 Å². The molecule has 0 spiro atoms. The first-order chi connectivity index (χ1) is 13.7. The number of anilines is 1. The zero-order chi connectivity index (χ0) is 19.5. The summed E-state index contributed by atoms with van der Waals surface area (Å²) in [6, 6.07) is 11.5. The number of pyridine rings is 1. The van der Waals surface area contributed by atoms with Gasteiger partial charge in [0, 0.05) is 24.7 Å². The van der Waals surface area contributed by atoms with Crippen LogP contribution in [0.2, 0.25) is 0 Å². The van der Waals surface area contributed by atoms with Crippen molar-refractivity contribution in [1.29, 1.82) is 0 Å². The monoisotopic (exact) mass is 377 g/mol. The Bertz CT molecular complexity index is 1030. The van der Waals surface area contributed by atoms with E-state index >= 15 is 0 Å². The van der Waals surface area contributed by atoms with Crippen molar-refractivity contribution in [2.45, 2.75) is 25.1 Å². The fourth-order valence-electron chi connectivity index (χ4n) is 3.67. The van der Waals surface area contributed by atoms with Gasteiger partial charge < -0.3 is 15.4 Å². The number of nitrogens with one attached hydrogen (secondary N) is 2. The number of hydrogen-bond donors (Lipinski definition) is 3. The van der Waals surface area contributed by atoms with Gasteiger partial charge in [0.2, 0.25) is 0 Å². The average molecular weight is 377 g/mol. The van der Waals surface area contributed by atoms with Gasteiger partial charge in [0.25, 0.3) is 5.56 Å². The fourth-order valence-corrected chi connectivity index (χ4v) is 3.67. The van der Waals surface area contributed by atoms with Gasteiger partial charge in [0.15, 0.2) is 0 Å². The maximum absolute atomic E-state index is 12.5. The van der Waals surface area contributed by atoms with Crippen LogP contribution in [0.3, 0.4) is 0 Å². The molecule has 2 atom stereocenters. The summed E-state index contributed by atoms with van der Waals surface area (Å²) in [7, 11) is 0. The van der Waals surface area contributed by atoms with E-state index in [4.69, 9.17) is 0 Å². The molecule has 3 aromatic rings. The smallest absolute Gasteiger partial charge is 0.257 e. The minimum atomic E-state index is -0.646. The lowest BCUT2D eigenvalue weighted by atomic mass is 10.0. The molecule has 2 aromatic heterocycles. The van der Waals surface area contributed by atoms with Gasteiger partial charge >= 0.3 is 0 Å². The van der Waals surface area contributed by atoms with E-state index < -0.39 is 6.23 Å². The lowest BCUT2D eigenvalue weighted by Gasteiger charge is -2.35. The van der Waals surface area contributed by atoms with Crippen LogP contribution in [-0.2, 0) is 0 Å². The number of aromatic nitrogens is 3. The maximum Gasteiger partial charge on any atom is 0.257 e. The van der Waals surface area contributed by atoms with Gasteiger partial charge in [-0.1, -0.05) is 36.9 Å². The summed E-state index contributed by atoms with van der Waals surface area (Å²) in [6.07, 6.45) is 4.28. The molecule has 3 heterocycles. The number of likely N-dealkylation sites (tertiary alicyclic amines) is 1. The maximum atomic E-state index is 12.5. The quantitative estimate of drug-likeness (QED) is 0.591. The third-order valence-electron chi connectivity index (χ3n) is 5.11. The molecule has 1 aliphatic rings. The van der Waals surface area contributed by atoms with Gasteiger partial charge in [-0.25, -0.2) is 9.97 Å². The van der Waals surface area contributed by atoms with Gasteiger partial charge in [0.1, 0.15) is 24.0 Å². The Labute approximate surface area is 162 Å². The van der Waals surface area contributed by atoms with E-state index in [0.29, 0.717) is 23.6 Å². The first kappa shape index (κ1) is 18.3. The number of nitrogens with zero attached hydrogens (tertiary/aromatic N) is 3. The summed E-state index contributed by atoms with van der Waals surface area (Å²) < 4.78 is 0. The molecule has 1 saturated heterocycles. The van der Waals surface area contributed by atoms with Crippen LogP contribution < -0.4 is 10.9 Å². The highest BCUT2D eigenvalue weighted by atomic mass is 16.3. The minimum Gasteiger partial charge on any atom is -0.375 e. The summed E-state index contributed by atoms with van der Waals surface area (Å²) >= 11 is 0. The van der Waals surface area contributed by atoms with Gasteiger partial charge in [0.05, 0.1) is 5.39 Å². The number of H-pyrrole nitrogens is 1. The SMILES string of the molecule is C=CC(O)N1CCCC(Nc2ncnc3[nH]c(=O)c(-c4ccccc4)cc23)C1. The van der Waals surface area contributed by atoms with Crippen LogP contribution in [0.15, 0.2) is 60.2 Å². The third kappa shape index (κ3) is 3.67. The molecule has 0 amide bonds. The van der Waals surface area contributed by atoms with Crippen molar-refractivity contribution in [2.75, 3.05) is 18.4 Å². The predicted molar refractivity (Wildman–Crippen MR) is 110 cm³/mol. The molecule has 1 fully saturated rings. The van der Waals surface area contributed by atoms with Crippen molar-refractivity contribution in [2.24, 2.45) is 0 Å². The van der Waals surface area contributed by atoms with Crippen molar-refractivity contribution >= 4 is 16.9 Å². The molecule has 4 rings (SSSR count). The second-order valence-electron chi connectivity index (χ2n) is 6.99. The molecule has 7 nitrogen and oxygen atoms in total. The van der Waals surface area contributed by atoms with E-state index in [1.54, 1.807) is 6.08 Å². The molecule has 0 bridgehead atoms. The van der Waals surface area contributed by atoms with Crippen LogP contribution in [0.25, 0.3) is 22.2 Å². The number of aliphatic hydroxyl groups excluding tert-OH is 1. The Morgan fingerprint density at radius 3 is 2.93 bits per heavy atom. The molecule has 1 aliphatic heterocycles. The highest BCUT2D eigenvalue weighted by molar-refractivity contribution is 5.89. The number of benzene rings is 1. The fraction of sp³-hybridized carbons (Fsp3) is 0.286. The molecular weight excluding hydrogens is 354 g/mol. The first-order valence-corrected chi connectivity index (χ1v) is 9.40. The number of rotatable bonds is 5. The molecule has 7 heteroatoms. The number of aliphatic hydroxyl groups is 1. The molecule has 0 saturated carbocycles. The molecule has 2 unspecified atom stereocenters. The van der Waals surface area contributed by atoms with Crippen LogP contribution in [0.4, 0.5) is 5.82 Å². The lowest BCUT2D eigenvalue weighted by molar-refractivity contribution is 0.0251. The average Bonchev–Trinajstić information content (AvgIpc) is 2.73. The highest BCUT2D eigenvalue weighted by Crippen LogP contribution is 2.24. The Hall–Kier alpha value is -3.03. The number of hydrogen-bond acceptors (Lipinski definition) is 6. The van der Waals surface area contributed by atoms with Gasteiger partial charge in [-0.3, -0.25) is 9.69 Å². The normalized spacial score (nSPS) is 18.7. The summed E-state index contributed by atoms with van der Waals surface area (Å²) in [5.74, 6) is 0.679. The van der Waals surface area contributed by atoms with Crippen LogP contribution in [0.1, 0.15) is 12.8 Å². The molecule has 0 radical (unpaired) electrons. The predicted octanol–water partition coefficient (Wildman–Crippen LogP) is 2.37. The van der Waals surface area contributed by atoms with Crippen molar-refractivity contribution in [3.05, 3.63) is 65.7 Å². The van der Waals surface area contributed by atoms with Crippen molar-refractivity contribution < 1.29 is 5.11 Å². The number of fused-ring (bicyclic) bond motifs is 1. The summed E-state index contributed by atoms with van der Waals surface area (Å²) in [5, 5.41) is 14.3. The zero-order valence-electron chi connectivity index (χ0n) is 15.5. The molecular formula is C21H23N5O2. The summed E-state index contributed by atoms with van der Waals surface area (Å²) in [4.78, 5) is 26.0. The minimum absolute atomic E-state index is 0.133. The molecule has 144 valence electrons. The second-order valence-corrected chi connectivity index (χ2v) is 6.99. The molecule has 1 aromatic carbocycles. The van der Waals surface area contributed by atoms with Gasteiger partial charge in [-0.2, -0.15) is 0 Å². The van der Waals surface area contributed by atoms with E-state index in [0.717, 1.165) is 30.3 Å². The lowest BCUT2D eigenvalue weighted by Crippen LogP contribution is -2.46. The topological polar surface area (TPSA) is 94.1 Å². The van der Waals surface area contributed by atoms with Crippen LogP contribution in [-0.4, -0.2) is 50.3 Å². The standard InChI is InChI=1S/C21H23N5O2/c1-2-18(27)26-10-6-9-15(12-26)24-19-17-11-16(14-7-4-3-5-8-14)21(28)25-20(17)23-13-22-19/h2-5,7-8,11,13,15,18,27H,1,6,9-10,12H2,(H2,22,23,24,25,28). The highest BCUT2D eigenvalue weighted by Gasteiger charge is 2.24. The Morgan fingerprint density at radius 2 is 2.14 bits per heavy atom. The number of piperidine rings is 1. The van der Waals surface area contributed by atoms with Crippen molar-refractivity contribution in [3.63, 3.8) is 0 Å². The Morgan fingerprint density at radius 1 is 1.32 bits per heavy atom. The molecule has 0 aliphatic carbocycles. The van der Waals surface area contributed by atoms with Gasteiger partial charge in [-0.05, 0) is 30.5 Å². The first-order valence-electron chi connectivity index (χ1n) is 9.40. The van der Waals surface area contributed by atoms with E-state index in [-0.39, 0.29) is 11.6 Å². The largest absolute Gasteiger partial charge is 0.375 e. The number of aromatic amines is 1. The van der Waals surface area contributed by atoms with E-state index in [2.05, 4.69) is 26.8 Å². The third-order valence-corrected chi connectivity index (χ3v) is 5.11. The van der Waals surface area contributed by atoms with Crippen molar-refractivity contribution in [1.82, 2.24) is 19.9 Å².